The van der Waals surface area contributed by atoms with Gasteiger partial charge >= 0.3 is 5.97 Å². The van der Waals surface area contributed by atoms with Gasteiger partial charge in [-0.15, -0.1) is 10.2 Å². The first-order chi connectivity index (χ1) is 14.5. The molecule has 10 heteroatoms. The Labute approximate surface area is 182 Å². The Hall–Kier alpha value is -3.04. The number of amides is 1. The van der Waals surface area contributed by atoms with Crippen LogP contribution in [0.1, 0.15) is 23.1 Å². The molecule has 1 amide bonds. The third-order valence-electron chi connectivity index (χ3n) is 4.03. The number of rotatable bonds is 9. The molecule has 0 spiro atoms. The smallest absolute Gasteiger partial charge is 0.335 e. The summed E-state index contributed by atoms with van der Waals surface area (Å²) in [6.45, 7) is 2.75. The molecule has 0 saturated heterocycles. The van der Waals surface area contributed by atoms with E-state index in [0.717, 1.165) is 0 Å². The Balaban J connectivity index is 1.59. The lowest BCUT2D eigenvalue weighted by molar-refractivity contribution is -0.113. The van der Waals surface area contributed by atoms with Crippen LogP contribution >= 0.6 is 23.4 Å². The number of carbonyl (C=O) groups is 2. The van der Waals surface area contributed by atoms with E-state index in [1.165, 1.54) is 23.9 Å². The molecule has 8 nitrogen and oxygen atoms in total. The van der Waals surface area contributed by atoms with Gasteiger partial charge in [0.1, 0.15) is 12.4 Å². The predicted molar refractivity (Wildman–Crippen MR) is 114 cm³/mol. The van der Waals surface area contributed by atoms with Gasteiger partial charge in [0.25, 0.3) is 0 Å². The Morgan fingerprint density at radius 3 is 2.73 bits per heavy atom. The van der Waals surface area contributed by atoms with Crippen molar-refractivity contribution in [3.63, 3.8) is 0 Å². The van der Waals surface area contributed by atoms with Crippen molar-refractivity contribution < 1.29 is 19.4 Å². The maximum Gasteiger partial charge on any atom is 0.335 e. The van der Waals surface area contributed by atoms with E-state index in [1.54, 1.807) is 24.3 Å². The van der Waals surface area contributed by atoms with Gasteiger partial charge in [-0.2, -0.15) is 0 Å². The van der Waals surface area contributed by atoms with Crippen LogP contribution in [0.3, 0.4) is 0 Å². The summed E-state index contributed by atoms with van der Waals surface area (Å²) in [5.74, 6) is -0.0533. The zero-order valence-corrected chi connectivity index (χ0v) is 17.6. The second kappa shape index (κ2) is 10.1. The Morgan fingerprint density at radius 1 is 1.20 bits per heavy atom. The first kappa shape index (κ1) is 21.7. The van der Waals surface area contributed by atoms with Crippen molar-refractivity contribution >= 4 is 40.9 Å². The average Bonchev–Trinajstić information content (AvgIpc) is 3.13. The van der Waals surface area contributed by atoms with Gasteiger partial charge < -0.3 is 19.7 Å². The van der Waals surface area contributed by atoms with E-state index >= 15 is 0 Å². The third kappa shape index (κ3) is 5.52. The van der Waals surface area contributed by atoms with E-state index in [9.17, 15) is 9.59 Å². The minimum absolute atomic E-state index is 0.0980. The fourth-order valence-electron chi connectivity index (χ4n) is 2.61. The van der Waals surface area contributed by atoms with Crippen LogP contribution in [0.25, 0.3) is 0 Å². The fraction of sp³-hybridized carbons (Fsp3) is 0.200. The zero-order chi connectivity index (χ0) is 21.5. The Kier molecular flexibility index (Phi) is 7.31. The molecule has 0 radical (unpaired) electrons. The molecule has 2 N–H and O–H groups in total. The lowest BCUT2D eigenvalue weighted by atomic mass is 10.2. The maximum atomic E-state index is 12.2. The molecule has 30 heavy (non-hydrogen) atoms. The number of thioether (sulfide) groups is 1. The molecule has 3 aromatic rings. The quantitative estimate of drug-likeness (QED) is 0.479. The van der Waals surface area contributed by atoms with E-state index < -0.39 is 5.97 Å². The summed E-state index contributed by atoms with van der Waals surface area (Å²) in [5.41, 5.74) is 0.528. The molecule has 0 fully saturated rings. The summed E-state index contributed by atoms with van der Waals surface area (Å²) >= 11 is 7.33. The second-order valence-corrected chi connectivity index (χ2v) is 7.43. The van der Waals surface area contributed by atoms with Gasteiger partial charge in [-0.25, -0.2) is 4.79 Å². The van der Waals surface area contributed by atoms with Gasteiger partial charge in [0.2, 0.25) is 5.91 Å². The number of halogens is 1. The Morgan fingerprint density at radius 2 is 2.00 bits per heavy atom. The summed E-state index contributed by atoms with van der Waals surface area (Å²) < 4.78 is 7.58. The lowest BCUT2D eigenvalue weighted by Crippen LogP contribution is -2.15. The van der Waals surface area contributed by atoms with E-state index in [-0.39, 0.29) is 23.8 Å². The maximum absolute atomic E-state index is 12.2. The van der Waals surface area contributed by atoms with Crippen molar-refractivity contribution in [2.45, 2.75) is 25.2 Å². The molecule has 3 rings (SSSR count). The average molecular weight is 447 g/mol. The van der Waals surface area contributed by atoms with Crippen molar-refractivity contribution in [3.8, 4) is 5.75 Å². The highest BCUT2D eigenvalue weighted by atomic mass is 35.5. The number of ether oxygens (including phenoxy) is 1. The summed E-state index contributed by atoms with van der Waals surface area (Å²) in [4.78, 5) is 23.3. The second-order valence-electron chi connectivity index (χ2n) is 6.08. The number of anilines is 1. The minimum atomic E-state index is -1.05. The first-order valence-electron chi connectivity index (χ1n) is 9.03. The van der Waals surface area contributed by atoms with Crippen LogP contribution in [-0.2, 0) is 17.9 Å². The molecule has 0 bridgehead atoms. The number of hydrogen-bond acceptors (Lipinski definition) is 6. The molecule has 0 atom stereocenters. The highest BCUT2D eigenvalue weighted by Crippen LogP contribution is 2.25. The predicted octanol–water partition coefficient (Wildman–Crippen LogP) is 3.96. The SMILES string of the molecule is CCn1c(COc2ccccc2Cl)nnc1SCC(=O)Nc1cccc(C(=O)O)c1. The summed E-state index contributed by atoms with van der Waals surface area (Å²) in [6.07, 6.45) is 0. The largest absolute Gasteiger partial charge is 0.484 e. The molecule has 0 aliphatic carbocycles. The van der Waals surface area contributed by atoms with Crippen molar-refractivity contribution in [1.82, 2.24) is 14.8 Å². The normalized spacial score (nSPS) is 10.6. The number of carboxylic acids is 1. The van der Waals surface area contributed by atoms with Gasteiger partial charge in [0.05, 0.1) is 16.3 Å². The van der Waals surface area contributed by atoms with Gasteiger partial charge in [-0.05, 0) is 37.3 Å². The molecule has 0 unspecified atom stereocenters. The number of carboxylic acid groups (broad SMARTS) is 1. The van der Waals surface area contributed by atoms with Crippen molar-refractivity contribution in [1.29, 1.82) is 0 Å². The van der Waals surface area contributed by atoms with Gasteiger partial charge in [-0.1, -0.05) is 41.6 Å². The molecular weight excluding hydrogens is 428 g/mol. The number of aromatic nitrogens is 3. The molecule has 1 aromatic heterocycles. The first-order valence-corrected chi connectivity index (χ1v) is 10.4. The monoisotopic (exact) mass is 446 g/mol. The standard InChI is InChI=1S/C20H19ClN4O4S/c1-2-25-17(11-29-16-9-4-3-8-15(16)21)23-24-20(25)30-12-18(26)22-14-7-5-6-13(10-14)19(27)28/h3-10H,2,11-12H2,1H3,(H,22,26)(H,27,28). The summed E-state index contributed by atoms with van der Waals surface area (Å²) in [7, 11) is 0. The number of nitrogens with one attached hydrogen (secondary N) is 1. The number of carbonyl (C=O) groups excluding carboxylic acids is 1. The molecule has 156 valence electrons. The summed E-state index contributed by atoms with van der Waals surface area (Å²) in [6, 6.07) is 13.2. The van der Waals surface area contributed by atoms with E-state index in [4.69, 9.17) is 21.4 Å². The molecule has 0 aliphatic rings. The molecule has 2 aromatic carbocycles. The molecule has 0 aliphatic heterocycles. The number of hydrogen-bond donors (Lipinski definition) is 2. The molecular formula is C20H19ClN4O4S. The number of benzene rings is 2. The van der Waals surface area contributed by atoms with Crippen molar-refractivity contribution in [2.24, 2.45) is 0 Å². The molecule has 0 saturated carbocycles. The zero-order valence-electron chi connectivity index (χ0n) is 16.0. The van der Waals surface area contributed by atoms with Crippen LogP contribution in [0.2, 0.25) is 5.02 Å². The minimum Gasteiger partial charge on any atom is -0.484 e. The highest BCUT2D eigenvalue weighted by Gasteiger charge is 2.14. The lowest BCUT2D eigenvalue weighted by Gasteiger charge is -2.10. The van der Waals surface area contributed by atoms with Gasteiger partial charge in [-0.3, -0.25) is 4.79 Å². The fourth-order valence-corrected chi connectivity index (χ4v) is 3.62. The number of aromatic carboxylic acids is 1. The molecule has 1 heterocycles. The van der Waals surface area contributed by atoms with Crippen LogP contribution in [0.5, 0.6) is 5.75 Å². The van der Waals surface area contributed by atoms with Gasteiger partial charge in [0, 0.05) is 12.2 Å². The Bertz CT molecular complexity index is 1060. The van der Waals surface area contributed by atoms with Crippen LogP contribution in [0.4, 0.5) is 5.69 Å². The number of para-hydroxylation sites is 1. The van der Waals surface area contributed by atoms with Crippen LogP contribution < -0.4 is 10.1 Å². The number of nitrogens with zero attached hydrogens (tertiary/aromatic N) is 3. The topological polar surface area (TPSA) is 106 Å². The van der Waals surface area contributed by atoms with Gasteiger partial charge in [0.15, 0.2) is 11.0 Å². The van der Waals surface area contributed by atoms with Crippen LogP contribution in [0, 0.1) is 0 Å². The van der Waals surface area contributed by atoms with Crippen molar-refractivity contribution in [3.05, 3.63) is 64.9 Å². The highest BCUT2D eigenvalue weighted by molar-refractivity contribution is 7.99. The third-order valence-corrected chi connectivity index (χ3v) is 5.31. The van der Waals surface area contributed by atoms with Crippen LogP contribution in [-0.4, -0.2) is 37.5 Å². The van der Waals surface area contributed by atoms with Crippen LogP contribution in [0.15, 0.2) is 53.7 Å². The van der Waals surface area contributed by atoms with E-state index in [1.807, 2.05) is 23.6 Å². The van der Waals surface area contributed by atoms with Crippen molar-refractivity contribution in [2.75, 3.05) is 11.1 Å². The van der Waals surface area contributed by atoms with E-state index in [2.05, 4.69) is 15.5 Å². The van der Waals surface area contributed by atoms with E-state index in [0.29, 0.717) is 34.0 Å². The summed E-state index contributed by atoms with van der Waals surface area (Å²) in [5, 5.41) is 21.1.